The average Bonchev–Trinajstić information content (AvgIpc) is 2.42. The minimum absolute atomic E-state index is 0.0548. The Kier molecular flexibility index (Phi) is 4.94. The van der Waals surface area contributed by atoms with Crippen molar-refractivity contribution < 1.29 is 9.53 Å². The molecule has 1 aliphatic rings. The summed E-state index contributed by atoms with van der Waals surface area (Å²) in [4.78, 5) is 14.3. The van der Waals surface area contributed by atoms with E-state index in [2.05, 4.69) is 23.3 Å². The van der Waals surface area contributed by atoms with Crippen LogP contribution in [0.25, 0.3) is 0 Å². The van der Waals surface area contributed by atoms with Gasteiger partial charge in [-0.2, -0.15) is 4.99 Å². The molecule has 0 unspecified atom stereocenters. The lowest BCUT2D eigenvalue weighted by molar-refractivity contribution is 0.243. The third-order valence-electron chi connectivity index (χ3n) is 3.66. The largest absolute Gasteiger partial charge is 0.489 e. The van der Waals surface area contributed by atoms with Crippen LogP contribution in [0.3, 0.4) is 0 Å². The maximum atomic E-state index is 10.6. The molecule has 2 rings (SSSR count). The molecular formula is C16H22N2O2. The van der Waals surface area contributed by atoms with Gasteiger partial charge in [-0.1, -0.05) is 0 Å². The smallest absolute Gasteiger partial charge is 0.240 e. The lowest BCUT2D eigenvalue weighted by Crippen LogP contribution is -2.27. The maximum Gasteiger partial charge on any atom is 0.240 e. The second-order valence-electron chi connectivity index (χ2n) is 5.57. The summed E-state index contributed by atoms with van der Waals surface area (Å²) in [7, 11) is 0. The number of piperidine rings is 1. The summed E-state index contributed by atoms with van der Waals surface area (Å²) < 4.78 is 5.80. The molecular weight excluding hydrogens is 252 g/mol. The number of aliphatic imine (C=N–C) groups is 1. The SMILES string of the molecule is Cc1cc(N=C=O)c(OC(C)C)cc1C1CCNCC1. The van der Waals surface area contributed by atoms with Crippen molar-refractivity contribution in [2.75, 3.05) is 13.1 Å². The fourth-order valence-electron chi connectivity index (χ4n) is 2.75. The van der Waals surface area contributed by atoms with E-state index in [1.165, 1.54) is 11.1 Å². The third-order valence-corrected chi connectivity index (χ3v) is 3.66. The van der Waals surface area contributed by atoms with Crippen molar-refractivity contribution in [3.63, 3.8) is 0 Å². The number of benzene rings is 1. The van der Waals surface area contributed by atoms with E-state index < -0.39 is 0 Å². The van der Waals surface area contributed by atoms with Crippen LogP contribution < -0.4 is 10.1 Å². The van der Waals surface area contributed by atoms with Gasteiger partial charge in [-0.25, -0.2) is 4.79 Å². The predicted octanol–water partition coefficient (Wildman–Crippen LogP) is 3.22. The van der Waals surface area contributed by atoms with Gasteiger partial charge in [-0.15, -0.1) is 0 Å². The average molecular weight is 274 g/mol. The van der Waals surface area contributed by atoms with Crippen LogP contribution in [-0.2, 0) is 4.79 Å². The topological polar surface area (TPSA) is 50.7 Å². The molecule has 1 heterocycles. The number of carbonyl (C=O) groups excluding carboxylic acids is 1. The number of ether oxygens (including phenoxy) is 1. The molecule has 0 radical (unpaired) electrons. The Labute approximate surface area is 120 Å². The first kappa shape index (κ1) is 14.8. The van der Waals surface area contributed by atoms with E-state index in [9.17, 15) is 4.79 Å². The first-order chi connectivity index (χ1) is 9.61. The molecule has 4 heteroatoms. The Morgan fingerprint density at radius 2 is 2.05 bits per heavy atom. The maximum absolute atomic E-state index is 10.6. The van der Waals surface area contributed by atoms with Crippen molar-refractivity contribution in [3.05, 3.63) is 23.3 Å². The number of nitrogens with one attached hydrogen (secondary N) is 1. The van der Waals surface area contributed by atoms with Crippen molar-refractivity contribution in [1.29, 1.82) is 0 Å². The number of nitrogens with zero attached hydrogens (tertiary/aromatic N) is 1. The molecule has 1 fully saturated rings. The molecule has 0 aromatic heterocycles. The number of rotatable bonds is 4. The molecule has 0 saturated carbocycles. The second kappa shape index (κ2) is 6.69. The zero-order valence-corrected chi connectivity index (χ0v) is 12.4. The monoisotopic (exact) mass is 274 g/mol. The van der Waals surface area contributed by atoms with Crippen molar-refractivity contribution >= 4 is 11.8 Å². The highest BCUT2D eigenvalue weighted by Gasteiger charge is 2.19. The van der Waals surface area contributed by atoms with Gasteiger partial charge in [0.25, 0.3) is 0 Å². The van der Waals surface area contributed by atoms with Crippen LogP contribution in [0.5, 0.6) is 5.75 Å². The van der Waals surface area contributed by atoms with E-state index in [0.29, 0.717) is 17.4 Å². The van der Waals surface area contributed by atoms with Crippen molar-refractivity contribution in [2.24, 2.45) is 4.99 Å². The van der Waals surface area contributed by atoms with Gasteiger partial charge in [0.2, 0.25) is 6.08 Å². The molecule has 1 aromatic rings. The first-order valence-electron chi connectivity index (χ1n) is 7.21. The zero-order chi connectivity index (χ0) is 14.5. The summed E-state index contributed by atoms with van der Waals surface area (Å²) >= 11 is 0. The van der Waals surface area contributed by atoms with E-state index in [1.54, 1.807) is 6.08 Å². The van der Waals surface area contributed by atoms with Crippen LogP contribution in [0.2, 0.25) is 0 Å². The lowest BCUT2D eigenvalue weighted by Gasteiger charge is -2.25. The van der Waals surface area contributed by atoms with Crippen molar-refractivity contribution in [2.45, 2.75) is 45.6 Å². The molecule has 0 bridgehead atoms. The van der Waals surface area contributed by atoms with Gasteiger partial charge in [-0.05, 0) is 75.9 Å². The Morgan fingerprint density at radius 3 is 2.65 bits per heavy atom. The van der Waals surface area contributed by atoms with Gasteiger partial charge >= 0.3 is 0 Å². The van der Waals surface area contributed by atoms with E-state index >= 15 is 0 Å². The van der Waals surface area contributed by atoms with Crippen LogP contribution in [0, 0.1) is 6.92 Å². The van der Waals surface area contributed by atoms with Crippen LogP contribution >= 0.6 is 0 Å². The molecule has 1 saturated heterocycles. The molecule has 108 valence electrons. The molecule has 0 atom stereocenters. The predicted molar refractivity (Wildman–Crippen MR) is 79.6 cm³/mol. The van der Waals surface area contributed by atoms with E-state index in [-0.39, 0.29) is 6.10 Å². The lowest BCUT2D eigenvalue weighted by atomic mass is 9.87. The highest BCUT2D eigenvalue weighted by molar-refractivity contribution is 5.61. The van der Waals surface area contributed by atoms with Crippen LogP contribution in [0.4, 0.5) is 5.69 Å². The summed E-state index contributed by atoms with van der Waals surface area (Å²) in [5, 5.41) is 3.38. The normalized spacial score (nSPS) is 16.0. The van der Waals surface area contributed by atoms with E-state index in [0.717, 1.165) is 25.9 Å². The number of hydrogen-bond acceptors (Lipinski definition) is 4. The first-order valence-corrected chi connectivity index (χ1v) is 7.21. The van der Waals surface area contributed by atoms with Crippen molar-refractivity contribution in [3.8, 4) is 5.75 Å². The molecule has 0 amide bonds. The van der Waals surface area contributed by atoms with Crippen LogP contribution in [0.1, 0.15) is 43.7 Å². The Balaban J connectivity index is 2.39. The fraction of sp³-hybridized carbons (Fsp3) is 0.562. The third kappa shape index (κ3) is 3.47. The Bertz CT molecular complexity index is 513. The molecule has 20 heavy (non-hydrogen) atoms. The Morgan fingerprint density at radius 1 is 1.35 bits per heavy atom. The van der Waals surface area contributed by atoms with E-state index in [1.807, 2.05) is 19.9 Å². The molecule has 1 N–H and O–H groups in total. The van der Waals surface area contributed by atoms with Gasteiger partial charge in [0.15, 0.2) is 0 Å². The molecule has 0 spiro atoms. The number of aryl methyl sites for hydroxylation is 1. The molecule has 4 nitrogen and oxygen atoms in total. The summed E-state index contributed by atoms with van der Waals surface area (Å²) in [6.07, 6.45) is 3.94. The number of hydrogen-bond donors (Lipinski definition) is 1. The summed E-state index contributed by atoms with van der Waals surface area (Å²) in [5.41, 5.74) is 3.05. The van der Waals surface area contributed by atoms with Crippen LogP contribution in [0.15, 0.2) is 17.1 Å². The van der Waals surface area contributed by atoms with Crippen LogP contribution in [-0.4, -0.2) is 25.3 Å². The summed E-state index contributed by atoms with van der Waals surface area (Å²) in [6, 6.07) is 3.99. The van der Waals surface area contributed by atoms with Gasteiger partial charge in [0.1, 0.15) is 11.4 Å². The fourth-order valence-corrected chi connectivity index (χ4v) is 2.75. The molecule has 1 aliphatic heterocycles. The minimum Gasteiger partial charge on any atom is -0.489 e. The van der Waals surface area contributed by atoms with Crippen molar-refractivity contribution in [1.82, 2.24) is 5.32 Å². The molecule has 0 aliphatic carbocycles. The van der Waals surface area contributed by atoms with Gasteiger partial charge < -0.3 is 10.1 Å². The zero-order valence-electron chi connectivity index (χ0n) is 12.4. The summed E-state index contributed by atoms with van der Waals surface area (Å²) in [6.45, 7) is 8.12. The van der Waals surface area contributed by atoms with E-state index in [4.69, 9.17) is 4.74 Å². The molecule has 1 aromatic carbocycles. The summed E-state index contributed by atoms with van der Waals surface area (Å²) in [5.74, 6) is 1.24. The second-order valence-corrected chi connectivity index (χ2v) is 5.57. The highest BCUT2D eigenvalue weighted by Crippen LogP contribution is 2.37. The highest BCUT2D eigenvalue weighted by atomic mass is 16.5. The van der Waals surface area contributed by atoms with Gasteiger partial charge in [0.05, 0.1) is 6.10 Å². The standard InChI is InChI=1S/C16H22N2O2/c1-11(2)20-16-9-14(13-4-6-17-7-5-13)12(3)8-15(16)18-10-19/h8-9,11,13,17H,4-7H2,1-3H3. The van der Waals surface area contributed by atoms with Gasteiger partial charge in [0, 0.05) is 0 Å². The quantitative estimate of drug-likeness (QED) is 0.677. The minimum atomic E-state index is 0.0548. The Hall–Kier alpha value is -1.64. The number of isocyanates is 1. The van der Waals surface area contributed by atoms with Gasteiger partial charge in [-0.3, -0.25) is 0 Å².